The first kappa shape index (κ1) is 19.7. The third-order valence-electron chi connectivity index (χ3n) is 4.38. The molecule has 0 heterocycles. The molecule has 2 amide bonds. The lowest BCUT2D eigenvalue weighted by atomic mass is 9.86. The van der Waals surface area contributed by atoms with Crippen LogP contribution in [0.15, 0.2) is 48.5 Å². The predicted octanol–water partition coefficient (Wildman–Crippen LogP) is 4.82. The summed E-state index contributed by atoms with van der Waals surface area (Å²) < 4.78 is 0. The van der Waals surface area contributed by atoms with Crippen LogP contribution in [0.5, 0.6) is 0 Å². The van der Waals surface area contributed by atoms with E-state index in [2.05, 4.69) is 31.4 Å². The molecule has 2 aromatic rings. The molecule has 0 radical (unpaired) electrons. The van der Waals surface area contributed by atoms with Crippen LogP contribution in [-0.2, 0) is 10.2 Å². The Morgan fingerprint density at radius 3 is 2.04 bits per heavy atom. The molecule has 0 saturated carbocycles. The average Bonchev–Trinajstić information content (AvgIpc) is 2.61. The molecule has 0 fully saturated rings. The zero-order valence-corrected chi connectivity index (χ0v) is 16.2. The molecule has 0 aliphatic rings. The van der Waals surface area contributed by atoms with Crippen molar-refractivity contribution >= 4 is 17.5 Å². The lowest BCUT2D eigenvalue weighted by Crippen LogP contribution is -2.26. The van der Waals surface area contributed by atoms with Gasteiger partial charge in [-0.25, -0.2) is 0 Å². The van der Waals surface area contributed by atoms with E-state index >= 15 is 0 Å². The first-order valence-electron chi connectivity index (χ1n) is 9.02. The van der Waals surface area contributed by atoms with Crippen LogP contribution in [-0.4, -0.2) is 11.8 Å². The van der Waals surface area contributed by atoms with E-state index in [0.29, 0.717) is 12.0 Å². The summed E-state index contributed by atoms with van der Waals surface area (Å²) in [6.07, 6.45) is 0.447. The molecule has 4 heteroatoms. The highest BCUT2D eigenvalue weighted by Crippen LogP contribution is 2.22. The fraction of sp³-hybridized carbons (Fsp3) is 0.364. The molecule has 138 valence electrons. The summed E-state index contributed by atoms with van der Waals surface area (Å²) in [4.78, 5) is 23.9. The van der Waals surface area contributed by atoms with E-state index < -0.39 is 0 Å². The summed E-state index contributed by atoms with van der Waals surface area (Å²) in [5, 5.41) is 5.83. The molecule has 26 heavy (non-hydrogen) atoms. The molecule has 2 rings (SSSR count). The number of carbonyl (C=O) groups is 2. The number of carbonyl (C=O) groups excluding carboxylic acids is 2. The molecule has 2 aromatic carbocycles. The van der Waals surface area contributed by atoms with E-state index in [-0.39, 0.29) is 23.3 Å². The molecule has 0 aliphatic carbocycles. The Morgan fingerprint density at radius 2 is 1.54 bits per heavy atom. The number of hydrogen-bond donors (Lipinski definition) is 2. The molecular weight excluding hydrogens is 324 g/mol. The molecule has 0 aromatic heterocycles. The topological polar surface area (TPSA) is 58.2 Å². The quantitative estimate of drug-likeness (QED) is 0.810. The van der Waals surface area contributed by atoms with Crippen molar-refractivity contribution in [1.29, 1.82) is 0 Å². The van der Waals surface area contributed by atoms with Gasteiger partial charge in [0.1, 0.15) is 0 Å². The van der Waals surface area contributed by atoms with Crippen molar-refractivity contribution < 1.29 is 9.59 Å². The molecule has 0 bridgehead atoms. The van der Waals surface area contributed by atoms with Crippen LogP contribution in [0.1, 0.15) is 68.6 Å². The van der Waals surface area contributed by atoms with Gasteiger partial charge in [0.25, 0.3) is 5.91 Å². The van der Waals surface area contributed by atoms with Crippen LogP contribution in [0.3, 0.4) is 0 Å². The Labute approximate surface area is 156 Å². The van der Waals surface area contributed by atoms with Crippen molar-refractivity contribution in [2.75, 3.05) is 5.32 Å². The Hall–Kier alpha value is -2.62. The SMILES string of the molecule is CCC(=O)Nc1ccc(C(C)NC(=O)c2ccc(C(C)(C)C)cc2)cc1. The minimum Gasteiger partial charge on any atom is -0.346 e. The minimum atomic E-state index is -0.124. The zero-order valence-electron chi connectivity index (χ0n) is 16.2. The third kappa shape index (κ3) is 5.19. The van der Waals surface area contributed by atoms with Crippen molar-refractivity contribution in [1.82, 2.24) is 5.32 Å². The van der Waals surface area contributed by atoms with Gasteiger partial charge < -0.3 is 10.6 Å². The van der Waals surface area contributed by atoms with Gasteiger partial charge in [0.05, 0.1) is 6.04 Å². The smallest absolute Gasteiger partial charge is 0.251 e. The standard InChI is InChI=1S/C22H28N2O2/c1-6-20(25)24-19-13-9-16(10-14-19)15(2)23-21(26)17-7-11-18(12-8-17)22(3,4)5/h7-15H,6H2,1-5H3,(H,23,26)(H,24,25). The second kappa shape index (κ2) is 8.17. The Balaban J connectivity index is 2.01. The van der Waals surface area contributed by atoms with Crippen LogP contribution < -0.4 is 10.6 Å². The number of benzene rings is 2. The normalized spacial score (nSPS) is 12.3. The fourth-order valence-electron chi connectivity index (χ4n) is 2.59. The molecule has 1 unspecified atom stereocenters. The number of hydrogen-bond acceptors (Lipinski definition) is 2. The third-order valence-corrected chi connectivity index (χ3v) is 4.38. The lowest BCUT2D eigenvalue weighted by molar-refractivity contribution is -0.115. The number of amides is 2. The molecule has 0 aliphatic heterocycles. The highest BCUT2D eigenvalue weighted by Gasteiger charge is 2.15. The molecule has 0 spiro atoms. The molecule has 2 N–H and O–H groups in total. The second-order valence-corrected chi connectivity index (χ2v) is 7.55. The maximum absolute atomic E-state index is 12.5. The van der Waals surface area contributed by atoms with E-state index in [1.165, 1.54) is 5.56 Å². The lowest BCUT2D eigenvalue weighted by Gasteiger charge is -2.19. The largest absolute Gasteiger partial charge is 0.346 e. The minimum absolute atomic E-state index is 0.0159. The first-order chi connectivity index (χ1) is 12.2. The summed E-state index contributed by atoms with van der Waals surface area (Å²) in [7, 11) is 0. The second-order valence-electron chi connectivity index (χ2n) is 7.55. The van der Waals surface area contributed by atoms with Crippen LogP contribution >= 0.6 is 0 Å². The fourth-order valence-corrected chi connectivity index (χ4v) is 2.59. The highest BCUT2D eigenvalue weighted by molar-refractivity contribution is 5.94. The average molecular weight is 352 g/mol. The van der Waals surface area contributed by atoms with Gasteiger partial charge >= 0.3 is 0 Å². The Kier molecular flexibility index (Phi) is 6.19. The zero-order chi connectivity index (χ0) is 19.3. The molecule has 0 saturated heterocycles. The van der Waals surface area contributed by atoms with E-state index in [0.717, 1.165) is 11.3 Å². The van der Waals surface area contributed by atoms with Gasteiger partial charge in [0, 0.05) is 17.7 Å². The van der Waals surface area contributed by atoms with Crippen LogP contribution in [0.25, 0.3) is 0 Å². The summed E-state index contributed by atoms with van der Waals surface area (Å²) in [6.45, 7) is 10.2. The van der Waals surface area contributed by atoms with Crippen LogP contribution in [0.2, 0.25) is 0 Å². The van der Waals surface area contributed by atoms with Gasteiger partial charge in [-0.2, -0.15) is 0 Å². The summed E-state index contributed by atoms with van der Waals surface area (Å²) in [5.74, 6) is -0.112. The van der Waals surface area contributed by atoms with Gasteiger partial charge in [-0.1, -0.05) is 52.0 Å². The van der Waals surface area contributed by atoms with Crippen molar-refractivity contribution in [3.63, 3.8) is 0 Å². The number of nitrogens with one attached hydrogen (secondary N) is 2. The van der Waals surface area contributed by atoms with Gasteiger partial charge in [0.2, 0.25) is 5.91 Å². The van der Waals surface area contributed by atoms with E-state index in [9.17, 15) is 9.59 Å². The van der Waals surface area contributed by atoms with E-state index in [4.69, 9.17) is 0 Å². The van der Waals surface area contributed by atoms with Crippen molar-refractivity contribution in [3.8, 4) is 0 Å². The molecular formula is C22H28N2O2. The van der Waals surface area contributed by atoms with Gasteiger partial charge in [-0.3, -0.25) is 9.59 Å². The maximum Gasteiger partial charge on any atom is 0.251 e. The van der Waals surface area contributed by atoms with Crippen molar-refractivity contribution in [2.45, 2.75) is 52.5 Å². The summed E-state index contributed by atoms with van der Waals surface area (Å²) in [6, 6.07) is 15.2. The summed E-state index contributed by atoms with van der Waals surface area (Å²) in [5.41, 5.74) is 3.66. The monoisotopic (exact) mass is 352 g/mol. The van der Waals surface area contributed by atoms with Gasteiger partial charge in [-0.15, -0.1) is 0 Å². The number of rotatable bonds is 5. The first-order valence-corrected chi connectivity index (χ1v) is 9.02. The van der Waals surface area contributed by atoms with E-state index in [1.54, 1.807) is 0 Å². The Bertz CT molecular complexity index is 756. The van der Waals surface area contributed by atoms with Crippen molar-refractivity contribution in [3.05, 3.63) is 65.2 Å². The molecule has 4 nitrogen and oxygen atoms in total. The highest BCUT2D eigenvalue weighted by atomic mass is 16.2. The number of anilines is 1. The van der Waals surface area contributed by atoms with Gasteiger partial charge in [-0.05, 0) is 47.7 Å². The maximum atomic E-state index is 12.5. The Morgan fingerprint density at radius 1 is 0.962 bits per heavy atom. The van der Waals surface area contributed by atoms with E-state index in [1.807, 2.05) is 62.4 Å². The van der Waals surface area contributed by atoms with Gasteiger partial charge in [0.15, 0.2) is 0 Å². The van der Waals surface area contributed by atoms with Crippen molar-refractivity contribution in [2.24, 2.45) is 0 Å². The molecule has 1 atom stereocenters. The predicted molar refractivity (Wildman–Crippen MR) is 106 cm³/mol. The van der Waals surface area contributed by atoms with Crippen LogP contribution in [0, 0.1) is 0 Å². The summed E-state index contributed by atoms with van der Waals surface area (Å²) >= 11 is 0. The van der Waals surface area contributed by atoms with Crippen LogP contribution in [0.4, 0.5) is 5.69 Å².